The van der Waals surface area contributed by atoms with Crippen molar-refractivity contribution in [1.82, 2.24) is 20.2 Å². The Balaban J connectivity index is 1.84. The number of tetrazole rings is 1. The van der Waals surface area contributed by atoms with Gasteiger partial charge in [-0.1, -0.05) is 0 Å². The van der Waals surface area contributed by atoms with Crippen LogP contribution < -0.4 is 11.1 Å². The molecule has 1 aromatic carbocycles. The van der Waals surface area contributed by atoms with Crippen molar-refractivity contribution in [2.24, 2.45) is 5.73 Å². The van der Waals surface area contributed by atoms with Crippen LogP contribution in [-0.4, -0.2) is 44.9 Å². The molecule has 3 rings (SSSR count). The number of nitrogens with two attached hydrogens (primary N) is 1. The van der Waals surface area contributed by atoms with E-state index in [0.717, 1.165) is 0 Å². The number of hydrogen-bond acceptors (Lipinski definition) is 6. The van der Waals surface area contributed by atoms with Crippen molar-refractivity contribution >= 4 is 11.6 Å². The number of carbonyl (C=O) groups is 1. The van der Waals surface area contributed by atoms with Gasteiger partial charge in [-0.2, -0.15) is 4.68 Å². The van der Waals surface area contributed by atoms with Gasteiger partial charge in [0.15, 0.2) is 5.82 Å². The number of aryl methyl sites for hydroxylation is 1. The lowest BCUT2D eigenvalue weighted by atomic mass is 9.90. The third-order valence-electron chi connectivity index (χ3n) is 3.89. The van der Waals surface area contributed by atoms with Gasteiger partial charge in [0.25, 0.3) is 0 Å². The number of ether oxygens (including phenoxy) is 1. The fourth-order valence-electron chi connectivity index (χ4n) is 2.43. The van der Waals surface area contributed by atoms with Crippen molar-refractivity contribution in [2.45, 2.75) is 25.3 Å². The predicted molar refractivity (Wildman–Crippen MR) is 79.5 cm³/mol. The normalized spacial score (nSPS) is 17.0. The van der Waals surface area contributed by atoms with E-state index in [-0.39, 0.29) is 11.6 Å². The molecule has 1 fully saturated rings. The maximum absolute atomic E-state index is 14.0. The molecule has 0 saturated carbocycles. The van der Waals surface area contributed by atoms with E-state index in [0.29, 0.717) is 37.6 Å². The predicted octanol–water partition coefficient (Wildman–Crippen LogP) is 0.556. The van der Waals surface area contributed by atoms with Crippen molar-refractivity contribution in [2.75, 3.05) is 18.5 Å². The summed E-state index contributed by atoms with van der Waals surface area (Å²) in [5.41, 5.74) is 5.74. The highest BCUT2D eigenvalue weighted by molar-refractivity contribution is 5.98. The van der Waals surface area contributed by atoms with Crippen LogP contribution in [0.3, 0.4) is 0 Å². The molecular weight excluding hydrogens is 303 g/mol. The molecule has 2 aromatic rings. The number of benzene rings is 1. The van der Waals surface area contributed by atoms with E-state index in [1.165, 1.54) is 22.9 Å². The zero-order valence-electron chi connectivity index (χ0n) is 12.6. The van der Waals surface area contributed by atoms with Crippen molar-refractivity contribution in [3.8, 4) is 5.69 Å². The third kappa shape index (κ3) is 3.06. The Morgan fingerprint density at radius 3 is 2.83 bits per heavy atom. The van der Waals surface area contributed by atoms with E-state index in [2.05, 4.69) is 20.8 Å². The Morgan fingerprint density at radius 2 is 2.17 bits per heavy atom. The molecule has 1 amide bonds. The van der Waals surface area contributed by atoms with Gasteiger partial charge in [0, 0.05) is 18.9 Å². The zero-order chi connectivity index (χ0) is 16.4. The molecule has 1 aromatic heterocycles. The quantitative estimate of drug-likeness (QED) is 0.855. The Bertz CT molecular complexity index is 726. The van der Waals surface area contributed by atoms with Gasteiger partial charge < -0.3 is 15.8 Å². The second kappa shape index (κ2) is 6.01. The first-order chi connectivity index (χ1) is 11.0. The van der Waals surface area contributed by atoms with Crippen LogP contribution in [0.1, 0.15) is 18.7 Å². The topological polar surface area (TPSA) is 108 Å². The van der Waals surface area contributed by atoms with Crippen LogP contribution in [0.4, 0.5) is 10.1 Å². The first-order valence-corrected chi connectivity index (χ1v) is 7.23. The molecule has 1 aliphatic rings. The molecule has 1 saturated heterocycles. The molecule has 0 bridgehead atoms. The van der Waals surface area contributed by atoms with Crippen LogP contribution in [0.25, 0.3) is 5.69 Å². The molecule has 3 N–H and O–H groups in total. The van der Waals surface area contributed by atoms with E-state index in [1.807, 2.05) is 0 Å². The maximum Gasteiger partial charge on any atom is 0.244 e. The zero-order valence-corrected chi connectivity index (χ0v) is 12.6. The molecule has 122 valence electrons. The molecule has 23 heavy (non-hydrogen) atoms. The highest BCUT2D eigenvalue weighted by Gasteiger charge is 2.36. The maximum atomic E-state index is 14.0. The fraction of sp³-hybridized carbons (Fsp3) is 0.429. The summed E-state index contributed by atoms with van der Waals surface area (Å²) in [6.07, 6.45) is 0.887. The number of carbonyl (C=O) groups excluding carboxylic acids is 1. The van der Waals surface area contributed by atoms with Gasteiger partial charge in [0.2, 0.25) is 5.91 Å². The van der Waals surface area contributed by atoms with Crippen molar-refractivity contribution in [3.05, 3.63) is 29.8 Å². The summed E-state index contributed by atoms with van der Waals surface area (Å²) in [6.45, 7) is 2.55. The number of halogens is 1. The van der Waals surface area contributed by atoms with Crippen molar-refractivity contribution in [3.63, 3.8) is 0 Å². The van der Waals surface area contributed by atoms with Crippen LogP contribution in [0.5, 0.6) is 0 Å². The van der Waals surface area contributed by atoms with Gasteiger partial charge in [-0.3, -0.25) is 4.79 Å². The molecule has 0 unspecified atom stereocenters. The molecule has 0 atom stereocenters. The first-order valence-electron chi connectivity index (χ1n) is 7.23. The first kappa shape index (κ1) is 15.5. The number of rotatable bonds is 3. The minimum absolute atomic E-state index is 0.156. The largest absolute Gasteiger partial charge is 0.381 e. The number of amides is 1. The minimum atomic E-state index is -0.975. The molecule has 9 heteroatoms. The SMILES string of the molecule is Cc1nnnn1-c1cc(NC(=O)C2(N)CCOCC2)ccc1F. The van der Waals surface area contributed by atoms with E-state index >= 15 is 0 Å². The molecule has 2 heterocycles. The van der Waals surface area contributed by atoms with Crippen LogP contribution in [0.2, 0.25) is 0 Å². The van der Waals surface area contributed by atoms with Crippen LogP contribution >= 0.6 is 0 Å². The Hall–Kier alpha value is -2.39. The molecule has 8 nitrogen and oxygen atoms in total. The van der Waals surface area contributed by atoms with Gasteiger partial charge in [0.05, 0.1) is 0 Å². The second-order valence-corrected chi connectivity index (χ2v) is 5.53. The molecule has 0 spiro atoms. The van der Waals surface area contributed by atoms with Gasteiger partial charge in [0.1, 0.15) is 17.0 Å². The van der Waals surface area contributed by atoms with E-state index in [1.54, 1.807) is 6.92 Å². The summed E-state index contributed by atoms with van der Waals surface area (Å²) in [7, 11) is 0. The highest BCUT2D eigenvalue weighted by atomic mass is 19.1. The minimum Gasteiger partial charge on any atom is -0.381 e. The second-order valence-electron chi connectivity index (χ2n) is 5.53. The smallest absolute Gasteiger partial charge is 0.244 e. The van der Waals surface area contributed by atoms with E-state index in [4.69, 9.17) is 10.5 Å². The van der Waals surface area contributed by atoms with Crippen LogP contribution in [0, 0.1) is 12.7 Å². The fourth-order valence-corrected chi connectivity index (χ4v) is 2.43. The van der Waals surface area contributed by atoms with E-state index < -0.39 is 11.4 Å². The molecular formula is C14H17FN6O2. The number of anilines is 1. The standard InChI is InChI=1S/C14H17FN6O2/c1-9-18-19-20-21(9)12-8-10(2-3-11(12)15)17-13(22)14(16)4-6-23-7-5-14/h2-3,8H,4-7,16H2,1H3,(H,17,22). The number of nitrogens with zero attached hydrogens (tertiary/aromatic N) is 4. The van der Waals surface area contributed by atoms with Gasteiger partial charge in [-0.15, -0.1) is 5.10 Å². The highest BCUT2D eigenvalue weighted by Crippen LogP contribution is 2.23. The van der Waals surface area contributed by atoms with Crippen molar-refractivity contribution < 1.29 is 13.9 Å². The Morgan fingerprint density at radius 1 is 1.43 bits per heavy atom. The van der Waals surface area contributed by atoms with Crippen LogP contribution in [0.15, 0.2) is 18.2 Å². The lowest BCUT2D eigenvalue weighted by Gasteiger charge is -2.31. The van der Waals surface area contributed by atoms with Crippen molar-refractivity contribution in [1.29, 1.82) is 0 Å². The number of hydrogen-bond donors (Lipinski definition) is 2. The lowest BCUT2D eigenvalue weighted by molar-refractivity contribution is -0.124. The summed E-state index contributed by atoms with van der Waals surface area (Å²) in [5.74, 6) is -0.370. The lowest BCUT2D eigenvalue weighted by Crippen LogP contribution is -2.54. The summed E-state index contributed by atoms with van der Waals surface area (Å²) >= 11 is 0. The van der Waals surface area contributed by atoms with Gasteiger partial charge >= 0.3 is 0 Å². The molecule has 0 aliphatic carbocycles. The third-order valence-corrected chi connectivity index (χ3v) is 3.89. The summed E-state index contributed by atoms with van der Waals surface area (Å²) < 4.78 is 20.5. The van der Waals surface area contributed by atoms with Gasteiger partial charge in [-0.25, -0.2) is 4.39 Å². The van der Waals surface area contributed by atoms with Gasteiger partial charge in [-0.05, 0) is 48.4 Å². The average molecular weight is 320 g/mol. The van der Waals surface area contributed by atoms with E-state index in [9.17, 15) is 9.18 Å². The Kier molecular flexibility index (Phi) is 4.05. The summed E-state index contributed by atoms with van der Waals surface area (Å²) in [5, 5.41) is 13.7. The number of aromatic nitrogens is 4. The molecule has 0 radical (unpaired) electrons. The van der Waals surface area contributed by atoms with Crippen LogP contribution in [-0.2, 0) is 9.53 Å². The monoisotopic (exact) mass is 320 g/mol. The summed E-state index contributed by atoms with van der Waals surface area (Å²) in [4.78, 5) is 12.4. The summed E-state index contributed by atoms with van der Waals surface area (Å²) in [6, 6.07) is 4.19. The Labute approximate surface area is 131 Å². The number of nitrogens with one attached hydrogen (secondary N) is 1. The molecule has 1 aliphatic heterocycles. The average Bonchev–Trinajstić information content (AvgIpc) is 2.96.